The molecule has 0 amide bonds. The van der Waals surface area contributed by atoms with E-state index in [0.29, 0.717) is 24.2 Å². The Morgan fingerprint density at radius 3 is 2.96 bits per heavy atom. The maximum atomic E-state index is 10.9. The summed E-state index contributed by atoms with van der Waals surface area (Å²) in [6, 6.07) is 3.88. The smallest absolute Gasteiger partial charge is 0.358 e. The molecule has 0 bridgehead atoms. The molecule has 1 N–H and O–H groups in total. The zero-order chi connectivity index (χ0) is 18.8. The van der Waals surface area contributed by atoms with Gasteiger partial charge in [0.25, 0.3) is 5.89 Å². The Balaban J connectivity index is 1.42. The lowest BCUT2D eigenvalue weighted by Gasteiger charge is -2.33. The van der Waals surface area contributed by atoms with Gasteiger partial charge < -0.3 is 14.5 Å². The van der Waals surface area contributed by atoms with E-state index in [1.165, 1.54) is 6.20 Å². The Hall–Kier alpha value is -3.30. The van der Waals surface area contributed by atoms with Gasteiger partial charge in [0.05, 0.1) is 11.8 Å². The molecular weight excluding hydrogens is 350 g/mol. The molecule has 0 aliphatic carbocycles. The van der Waals surface area contributed by atoms with Crippen molar-refractivity contribution in [3.8, 4) is 11.5 Å². The van der Waals surface area contributed by atoms with E-state index in [1.54, 1.807) is 17.8 Å². The highest BCUT2D eigenvalue weighted by molar-refractivity contribution is 5.84. The van der Waals surface area contributed by atoms with Gasteiger partial charge in [-0.25, -0.2) is 9.78 Å². The number of aromatic carboxylic acids is 1. The molecule has 0 saturated carbocycles. The summed E-state index contributed by atoms with van der Waals surface area (Å²) >= 11 is 0. The highest BCUT2D eigenvalue weighted by atomic mass is 16.5. The van der Waals surface area contributed by atoms with Crippen LogP contribution < -0.4 is 4.90 Å². The van der Waals surface area contributed by atoms with Crippen molar-refractivity contribution < 1.29 is 14.4 Å². The molecule has 3 aromatic heterocycles. The zero-order valence-corrected chi connectivity index (χ0v) is 14.8. The molecule has 1 saturated heterocycles. The van der Waals surface area contributed by atoms with Gasteiger partial charge in [-0.05, 0) is 37.8 Å². The molecule has 10 heteroatoms. The first-order valence-corrected chi connectivity index (χ1v) is 8.73. The topological polar surface area (TPSA) is 123 Å². The Morgan fingerprint density at radius 2 is 2.30 bits per heavy atom. The summed E-state index contributed by atoms with van der Waals surface area (Å²) in [4.78, 5) is 21.9. The second-order valence-corrected chi connectivity index (χ2v) is 6.64. The van der Waals surface area contributed by atoms with Gasteiger partial charge in [-0.1, -0.05) is 10.4 Å². The number of aryl methyl sites for hydroxylation is 1. The molecule has 0 radical (unpaired) electrons. The summed E-state index contributed by atoms with van der Waals surface area (Å²) in [5.41, 5.74) is 0.757. The minimum absolute atomic E-state index is 0.0313. The van der Waals surface area contributed by atoms with E-state index in [9.17, 15) is 4.79 Å². The predicted molar refractivity (Wildman–Crippen MR) is 94.2 cm³/mol. The third-order valence-electron chi connectivity index (χ3n) is 4.57. The van der Waals surface area contributed by atoms with Gasteiger partial charge in [0, 0.05) is 25.8 Å². The normalized spacial score (nSPS) is 17.2. The summed E-state index contributed by atoms with van der Waals surface area (Å²) in [7, 11) is 0. The maximum Gasteiger partial charge on any atom is 0.358 e. The van der Waals surface area contributed by atoms with E-state index in [1.807, 2.05) is 12.1 Å². The minimum atomic E-state index is -1.06. The molecule has 0 unspecified atom stereocenters. The molecule has 1 aliphatic heterocycles. The van der Waals surface area contributed by atoms with Crippen LogP contribution in [0.4, 0.5) is 5.82 Å². The summed E-state index contributed by atoms with van der Waals surface area (Å²) in [6.45, 7) is 4.17. The second kappa shape index (κ2) is 7.14. The average Bonchev–Trinajstić information content (AvgIpc) is 3.31. The number of pyridine rings is 1. The first kappa shape index (κ1) is 17.1. The molecule has 0 aromatic carbocycles. The van der Waals surface area contributed by atoms with E-state index in [0.717, 1.165) is 37.3 Å². The average molecular weight is 369 g/mol. The van der Waals surface area contributed by atoms with Crippen molar-refractivity contribution in [2.24, 2.45) is 5.92 Å². The molecule has 27 heavy (non-hydrogen) atoms. The number of nitrogens with zero attached hydrogens (tertiary/aromatic N) is 7. The lowest BCUT2D eigenvalue weighted by molar-refractivity contribution is 0.0690. The molecule has 140 valence electrons. The van der Waals surface area contributed by atoms with E-state index in [2.05, 4.69) is 30.3 Å². The first-order valence-electron chi connectivity index (χ1n) is 8.73. The van der Waals surface area contributed by atoms with E-state index in [-0.39, 0.29) is 5.69 Å². The third-order valence-corrected chi connectivity index (χ3v) is 4.57. The van der Waals surface area contributed by atoms with Crippen molar-refractivity contribution in [3.05, 3.63) is 36.0 Å². The number of carboxylic acid groups (broad SMARTS) is 1. The molecule has 1 atom stereocenters. The number of hydrogen-bond acceptors (Lipinski definition) is 8. The van der Waals surface area contributed by atoms with Crippen LogP contribution >= 0.6 is 0 Å². The Kier molecular flexibility index (Phi) is 4.53. The summed E-state index contributed by atoms with van der Waals surface area (Å²) in [5, 5.41) is 20.3. The highest BCUT2D eigenvalue weighted by Crippen LogP contribution is 2.24. The lowest BCUT2D eigenvalue weighted by Crippen LogP contribution is -2.37. The van der Waals surface area contributed by atoms with Crippen LogP contribution in [-0.2, 0) is 6.54 Å². The first-order chi connectivity index (χ1) is 13.1. The van der Waals surface area contributed by atoms with E-state index < -0.39 is 5.97 Å². The van der Waals surface area contributed by atoms with Crippen LogP contribution in [0.15, 0.2) is 29.0 Å². The summed E-state index contributed by atoms with van der Waals surface area (Å²) < 4.78 is 6.77. The Bertz CT molecular complexity index is 934. The number of piperidine rings is 1. The number of aromatic nitrogens is 6. The molecule has 1 fully saturated rings. The lowest BCUT2D eigenvalue weighted by atomic mass is 9.98. The van der Waals surface area contributed by atoms with Gasteiger partial charge in [0.15, 0.2) is 11.5 Å². The molecule has 3 aromatic rings. The predicted octanol–water partition coefficient (Wildman–Crippen LogP) is 1.65. The number of rotatable bonds is 5. The molecular formula is C17H19N7O3. The van der Waals surface area contributed by atoms with Crippen LogP contribution in [0.5, 0.6) is 0 Å². The van der Waals surface area contributed by atoms with Crippen molar-refractivity contribution in [2.75, 3.05) is 18.0 Å². The Labute approximate surface area is 154 Å². The fourth-order valence-electron chi connectivity index (χ4n) is 3.29. The van der Waals surface area contributed by atoms with Gasteiger partial charge in [0.1, 0.15) is 5.82 Å². The van der Waals surface area contributed by atoms with Crippen LogP contribution in [0.3, 0.4) is 0 Å². The van der Waals surface area contributed by atoms with Gasteiger partial charge in [0.2, 0.25) is 0 Å². The standard InChI is InChI=1S/C17H19N7O3/c1-11-19-16(27-21-11)13-4-5-15(18-7-13)23-6-2-3-12(8-23)9-24-10-14(17(25)26)20-22-24/h4-5,7,10,12H,2-3,6,8-9H2,1H3,(H,25,26)/t12-/m0/s1. The number of carbonyl (C=O) groups is 1. The number of carboxylic acids is 1. The fourth-order valence-corrected chi connectivity index (χ4v) is 3.29. The molecule has 1 aliphatic rings. The van der Waals surface area contributed by atoms with Crippen LogP contribution in [0.25, 0.3) is 11.5 Å². The molecule has 0 spiro atoms. The van der Waals surface area contributed by atoms with Gasteiger partial charge >= 0.3 is 5.97 Å². The van der Waals surface area contributed by atoms with Crippen molar-refractivity contribution in [1.82, 2.24) is 30.1 Å². The summed E-state index contributed by atoms with van der Waals surface area (Å²) in [5.74, 6) is 1.23. The minimum Gasteiger partial charge on any atom is -0.476 e. The maximum absolute atomic E-state index is 10.9. The van der Waals surface area contributed by atoms with Crippen molar-refractivity contribution in [3.63, 3.8) is 0 Å². The van der Waals surface area contributed by atoms with Crippen LogP contribution in [-0.4, -0.2) is 54.3 Å². The monoisotopic (exact) mass is 369 g/mol. The molecule has 4 rings (SSSR count). The second-order valence-electron chi connectivity index (χ2n) is 6.64. The number of hydrogen-bond donors (Lipinski definition) is 1. The van der Waals surface area contributed by atoms with Crippen molar-refractivity contribution in [1.29, 1.82) is 0 Å². The van der Waals surface area contributed by atoms with Crippen LogP contribution in [0.2, 0.25) is 0 Å². The SMILES string of the molecule is Cc1noc(-c2ccc(N3CCC[C@H](Cn4cc(C(=O)O)nn4)C3)nc2)n1. The van der Waals surface area contributed by atoms with Crippen molar-refractivity contribution >= 4 is 11.8 Å². The van der Waals surface area contributed by atoms with Crippen LogP contribution in [0.1, 0.15) is 29.2 Å². The highest BCUT2D eigenvalue weighted by Gasteiger charge is 2.22. The molecule has 4 heterocycles. The fraction of sp³-hybridized carbons (Fsp3) is 0.412. The third kappa shape index (κ3) is 3.78. The van der Waals surface area contributed by atoms with Gasteiger partial charge in [-0.15, -0.1) is 5.10 Å². The quantitative estimate of drug-likeness (QED) is 0.715. The Morgan fingerprint density at radius 1 is 1.41 bits per heavy atom. The number of anilines is 1. The van der Waals surface area contributed by atoms with Gasteiger partial charge in [-0.2, -0.15) is 4.98 Å². The van der Waals surface area contributed by atoms with E-state index >= 15 is 0 Å². The van der Waals surface area contributed by atoms with Gasteiger partial charge in [-0.3, -0.25) is 4.68 Å². The summed E-state index contributed by atoms with van der Waals surface area (Å²) in [6.07, 6.45) is 5.30. The zero-order valence-electron chi connectivity index (χ0n) is 14.8. The van der Waals surface area contributed by atoms with Crippen LogP contribution in [0, 0.1) is 12.8 Å². The van der Waals surface area contributed by atoms with Crippen molar-refractivity contribution in [2.45, 2.75) is 26.3 Å². The van der Waals surface area contributed by atoms with E-state index in [4.69, 9.17) is 9.63 Å². The molecule has 10 nitrogen and oxygen atoms in total. The largest absolute Gasteiger partial charge is 0.476 e.